The number of nitrogens with zero attached hydrogens (tertiary/aromatic N) is 5. The molecule has 10 rings (SSSR count). The Kier molecular flexibility index (Phi) is 6.19. The van der Waals surface area contributed by atoms with Gasteiger partial charge in [-0.2, -0.15) is 9.97 Å². The molecule has 48 heavy (non-hydrogen) atoms. The van der Waals surface area contributed by atoms with E-state index >= 15 is 0 Å². The molecule has 0 radical (unpaired) electrons. The van der Waals surface area contributed by atoms with Gasteiger partial charge in [0.15, 0.2) is 11.6 Å². The summed E-state index contributed by atoms with van der Waals surface area (Å²) in [4.78, 5) is 18.3. The van der Waals surface area contributed by atoms with Crippen molar-refractivity contribution >= 4 is 49.8 Å². The number of para-hydroxylation sites is 2. The molecule has 0 amide bonds. The first-order valence-corrected chi connectivity index (χ1v) is 17.0. The smallest absolute Gasteiger partial charge is 0.234 e. The largest absolute Gasteiger partial charge is 0.307 e. The van der Waals surface area contributed by atoms with Crippen LogP contribution in [0.4, 0.5) is 11.6 Å². The summed E-state index contributed by atoms with van der Waals surface area (Å²) < 4.78 is 2.47. The lowest BCUT2D eigenvalue weighted by Crippen LogP contribution is -2.32. The van der Waals surface area contributed by atoms with Crippen LogP contribution in [-0.2, 0) is 0 Å². The molecule has 5 aromatic carbocycles. The molecular formula is C43H33N5. The van der Waals surface area contributed by atoms with Gasteiger partial charge in [-0.15, -0.1) is 0 Å². The average molecular weight is 620 g/mol. The molecule has 1 aliphatic heterocycles. The summed E-state index contributed by atoms with van der Waals surface area (Å²) in [5, 5.41) is 5.11. The van der Waals surface area contributed by atoms with Crippen LogP contribution in [0.25, 0.3) is 55.2 Å². The Morgan fingerprint density at radius 3 is 2.17 bits per heavy atom. The van der Waals surface area contributed by atoms with E-state index in [1.54, 1.807) is 0 Å². The molecule has 0 saturated heterocycles. The lowest BCUT2D eigenvalue weighted by atomic mass is 9.84. The first-order valence-electron chi connectivity index (χ1n) is 17.0. The Balaban J connectivity index is 1.36. The molecule has 0 fully saturated rings. The van der Waals surface area contributed by atoms with Crippen LogP contribution < -0.4 is 4.90 Å². The van der Waals surface area contributed by atoms with E-state index in [-0.39, 0.29) is 12.0 Å². The number of benzene rings is 5. The van der Waals surface area contributed by atoms with Crippen molar-refractivity contribution in [2.75, 3.05) is 4.90 Å². The van der Waals surface area contributed by atoms with E-state index in [9.17, 15) is 0 Å². The minimum Gasteiger partial charge on any atom is -0.307 e. The summed E-state index contributed by atoms with van der Waals surface area (Å²) in [7, 11) is 0. The Morgan fingerprint density at radius 2 is 1.35 bits per heavy atom. The number of anilines is 2. The second-order valence-electron chi connectivity index (χ2n) is 13.0. The van der Waals surface area contributed by atoms with Gasteiger partial charge in [-0.05, 0) is 60.2 Å². The number of hydrogen-bond donors (Lipinski definition) is 0. The normalized spacial score (nSPS) is 18.4. The Bertz CT molecular complexity index is 2470. The molecule has 7 aromatic rings. The van der Waals surface area contributed by atoms with E-state index < -0.39 is 0 Å². The van der Waals surface area contributed by atoms with Crippen molar-refractivity contribution in [1.29, 1.82) is 0 Å². The van der Waals surface area contributed by atoms with Crippen LogP contribution in [0, 0.1) is 0 Å². The summed E-state index contributed by atoms with van der Waals surface area (Å²) in [6, 6.07) is 39.1. The van der Waals surface area contributed by atoms with E-state index in [0.717, 1.165) is 48.3 Å². The first-order chi connectivity index (χ1) is 23.8. The predicted octanol–water partition coefficient (Wildman–Crippen LogP) is 10.5. The molecule has 2 aromatic heterocycles. The fourth-order valence-corrected chi connectivity index (χ4v) is 8.26. The summed E-state index contributed by atoms with van der Waals surface area (Å²) in [5.41, 5.74) is 8.16. The highest BCUT2D eigenvalue weighted by atomic mass is 15.3. The van der Waals surface area contributed by atoms with E-state index in [1.807, 2.05) is 6.07 Å². The molecule has 2 aliphatic carbocycles. The van der Waals surface area contributed by atoms with Crippen LogP contribution in [0.2, 0.25) is 0 Å². The van der Waals surface area contributed by atoms with Crippen molar-refractivity contribution in [2.45, 2.75) is 37.6 Å². The zero-order valence-electron chi connectivity index (χ0n) is 26.5. The minimum atomic E-state index is 0.177. The van der Waals surface area contributed by atoms with Gasteiger partial charge in [0.1, 0.15) is 0 Å². The molecule has 2 atom stereocenters. The highest BCUT2D eigenvalue weighted by molar-refractivity contribution is 6.27. The van der Waals surface area contributed by atoms with Gasteiger partial charge >= 0.3 is 0 Å². The molecule has 230 valence electrons. The van der Waals surface area contributed by atoms with E-state index in [0.29, 0.717) is 11.8 Å². The van der Waals surface area contributed by atoms with Crippen molar-refractivity contribution in [3.8, 4) is 17.1 Å². The Labute approximate surface area is 279 Å². The third-order valence-corrected chi connectivity index (χ3v) is 10.3. The van der Waals surface area contributed by atoms with Crippen molar-refractivity contribution in [2.24, 2.45) is 0 Å². The van der Waals surface area contributed by atoms with Gasteiger partial charge in [0.2, 0.25) is 5.95 Å². The number of aromatic nitrogens is 4. The van der Waals surface area contributed by atoms with Crippen LogP contribution in [0.1, 0.15) is 43.0 Å². The van der Waals surface area contributed by atoms with Crippen LogP contribution >= 0.6 is 0 Å². The van der Waals surface area contributed by atoms with Gasteiger partial charge in [-0.3, -0.25) is 0 Å². The molecule has 3 aliphatic rings. The third-order valence-electron chi connectivity index (χ3n) is 10.3. The van der Waals surface area contributed by atoms with Crippen molar-refractivity contribution in [1.82, 2.24) is 19.5 Å². The van der Waals surface area contributed by atoms with E-state index in [1.165, 1.54) is 43.8 Å². The molecule has 2 unspecified atom stereocenters. The average Bonchev–Trinajstić information content (AvgIpc) is 3.70. The topological polar surface area (TPSA) is 46.8 Å². The van der Waals surface area contributed by atoms with Crippen molar-refractivity contribution in [3.05, 3.63) is 151 Å². The lowest BCUT2D eigenvalue weighted by Gasteiger charge is -2.30. The minimum absolute atomic E-state index is 0.177. The quantitative estimate of drug-likeness (QED) is 0.184. The predicted molar refractivity (Wildman–Crippen MR) is 197 cm³/mol. The Hall–Kier alpha value is -5.81. The highest BCUT2D eigenvalue weighted by Crippen LogP contribution is 2.56. The second kappa shape index (κ2) is 10.9. The van der Waals surface area contributed by atoms with Crippen LogP contribution in [0.3, 0.4) is 0 Å². The number of fused-ring (bicyclic) bond motifs is 10. The maximum absolute atomic E-state index is 5.35. The fraction of sp³-hybridized carbons (Fsp3) is 0.140. The molecule has 0 saturated carbocycles. The van der Waals surface area contributed by atoms with Crippen molar-refractivity contribution in [3.63, 3.8) is 0 Å². The van der Waals surface area contributed by atoms with Gasteiger partial charge in [0.05, 0.1) is 16.7 Å². The summed E-state index contributed by atoms with van der Waals surface area (Å²) in [6.07, 6.45) is 15.5. The number of rotatable bonds is 4. The number of hydrogen-bond acceptors (Lipinski definition) is 4. The van der Waals surface area contributed by atoms with Gasteiger partial charge in [0.25, 0.3) is 0 Å². The fourth-order valence-electron chi connectivity index (χ4n) is 8.26. The molecule has 5 heteroatoms. The van der Waals surface area contributed by atoms with Crippen LogP contribution in [0.15, 0.2) is 140 Å². The standard InChI is InChI=1S/C43H33N5/c1-4-16-28(17-5-1)41-44-42(29-18-6-2-7-19-29)46-43(45-41)48-36-27-15-13-25-34(36)38-32-23-11-10-22-31(32)37-33-24-12-14-26-35(33)47(39(37)40(38)48)30-20-8-3-9-21-30/h1,3-6,8-14,16-26,34,36H,2,7,15,27H2. The maximum Gasteiger partial charge on any atom is 0.234 e. The van der Waals surface area contributed by atoms with Gasteiger partial charge in [0, 0.05) is 39.6 Å². The molecule has 0 bridgehead atoms. The van der Waals surface area contributed by atoms with Gasteiger partial charge in [-0.1, -0.05) is 121 Å². The van der Waals surface area contributed by atoms with Gasteiger partial charge in [-0.25, -0.2) is 4.98 Å². The third kappa shape index (κ3) is 4.07. The van der Waals surface area contributed by atoms with Gasteiger partial charge < -0.3 is 9.47 Å². The highest BCUT2D eigenvalue weighted by Gasteiger charge is 2.44. The van der Waals surface area contributed by atoms with E-state index in [2.05, 4.69) is 143 Å². The number of allylic oxidation sites excluding steroid dienone is 5. The summed E-state index contributed by atoms with van der Waals surface area (Å²) >= 11 is 0. The molecule has 0 spiro atoms. The zero-order chi connectivity index (χ0) is 31.6. The molecule has 5 nitrogen and oxygen atoms in total. The zero-order valence-corrected chi connectivity index (χ0v) is 26.5. The van der Waals surface area contributed by atoms with Crippen LogP contribution in [0.5, 0.6) is 0 Å². The lowest BCUT2D eigenvalue weighted by molar-refractivity contribution is 0.559. The van der Waals surface area contributed by atoms with Crippen LogP contribution in [-0.4, -0.2) is 25.6 Å². The van der Waals surface area contributed by atoms with E-state index in [4.69, 9.17) is 15.0 Å². The molecular weight excluding hydrogens is 587 g/mol. The molecule has 3 heterocycles. The van der Waals surface area contributed by atoms with Crippen molar-refractivity contribution < 1.29 is 0 Å². The maximum atomic E-state index is 5.35. The Morgan fingerprint density at radius 1 is 0.625 bits per heavy atom. The second-order valence-corrected chi connectivity index (χ2v) is 13.0. The monoisotopic (exact) mass is 619 g/mol. The summed E-state index contributed by atoms with van der Waals surface area (Å²) in [6.45, 7) is 0. The summed E-state index contributed by atoms with van der Waals surface area (Å²) in [5.74, 6) is 2.35. The molecule has 0 N–H and O–H groups in total. The first kappa shape index (κ1) is 27.3. The SMILES string of the molecule is C1=CC(c2nc(-c3ccccc3)nc(N3c4c(c5ccccc5c5c6ccccc6n(-c6ccccc6)c45)C4C=CCCC43)n2)=CCC1.